The number of piperidine rings is 1. The SMILES string of the molecule is CC(C)C(=O)N1CCC(C(NC(=O)c2ccccc2)C(=O)NCc2ccccc2)CC1. The molecule has 2 aromatic carbocycles. The number of likely N-dealkylation sites (tertiary alicyclic amines) is 1. The molecule has 6 heteroatoms. The predicted molar refractivity (Wildman–Crippen MR) is 120 cm³/mol. The number of carbonyl (C=O) groups excluding carboxylic acids is 3. The molecule has 1 atom stereocenters. The van der Waals surface area contributed by atoms with Gasteiger partial charge in [-0.2, -0.15) is 0 Å². The van der Waals surface area contributed by atoms with Crippen molar-refractivity contribution >= 4 is 17.7 Å². The van der Waals surface area contributed by atoms with Crippen molar-refractivity contribution in [3.05, 3.63) is 71.8 Å². The van der Waals surface area contributed by atoms with Gasteiger partial charge in [-0.15, -0.1) is 0 Å². The van der Waals surface area contributed by atoms with Gasteiger partial charge in [0.15, 0.2) is 0 Å². The predicted octanol–water partition coefficient (Wildman–Crippen LogP) is 3.00. The molecule has 0 aromatic heterocycles. The maximum atomic E-state index is 13.1. The Kier molecular flexibility index (Phi) is 7.82. The molecular weight excluding hydrogens is 390 g/mol. The van der Waals surface area contributed by atoms with Crippen LogP contribution >= 0.6 is 0 Å². The Balaban J connectivity index is 1.69. The lowest BCUT2D eigenvalue weighted by molar-refractivity contribution is -0.136. The minimum atomic E-state index is -0.646. The largest absolute Gasteiger partial charge is 0.350 e. The highest BCUT2D eigenvalue weighted by molar-refractivity contribution is 5.97. The Bertz CT molecular complexity index is 875. The summed E-state index contributed by atoms with van der Waals surface area (Å²) in [6.07, 6.45) is 1.36. The lowest BCUT2D eigenvalue weighted by Crippen LogP contribution is -2.54. The molecule has 2 aromatic rings. The normalized spacial score (nSPS) is 15.4. The molecule has 1 saturated heterocycles. The van der Waals surface area contributed by atoms with E-state index in [-0.39, 0.29) is 29.6 Å². The minimum Gasteiger partial charge on any atom is -0.350 e. The maximum Gasteiger partial charge on any atom is 0.251 e. The molecule has 0 aliphatic carbocycles. The van der Waals surface area contributed by atoms with Gasteiger partial charge in [0.25, 0.3) is 5.91 Å². The summed E-state index contributed by atoms with van der Waals surface area (Å²) in [7, 11) is 0. The Morgan fingerprint density at radius 3 is 2.10 bits per heavy atom. The monoisotopic (exact) mass is 421 g/mol. The standard InChI is InChI=1S/C25H31N3O3/c1-18(2)25(31)28-15-13-20(14-16-28)22(27-23(29)21-11-7-4-8-12-21)24(30)26-17-19-9-5-3-6-10-19/h3-12,18,20,22H,13-17H2,1-2H3,(H,26,30)(H,27,29). The van der Waals surface area contributed by atoms with E-state index in [1.54, 1.807) is 24.3 Å². The molecule has 0 bridgehead atoms. The van der Waals surface area contributed by atoms with Crippen molar-refractivity contribution in [1.29, 1.82) is 0 Å². The fourth-order valence-corrected chi connectivity index (χ4v) is 3.92. The van der Waals surface area contributed by atoms with Gasteiger partial charge in [0.2, 0.25) is 11.8 Å². The number of amides is 3. The van der Waals surface area contributed by atoms with Gasteiger partial charge < -0.3 is 15.5 Å². The molecule has 31 heavy (non-hydrogen) atoms. The van der Waals surface area contributed by atoms with E-state index in [1.165, 1.54) is 0 Å². The highest BCUT2D eigenvalue weighted by Crippen LogP contribution is 2.23. The number of rotatable bonds is 7. The molecular formula is C25H31N3O3. The molecule has 2 N–H and O–H groups in total. The third kappa shape index (κ3) is 6.17. The topological polar surface area (TPSA) is 78.5 Å². The van der Waals surface area contributed by atoms with Gasteiger partial charge in [0, 0.05) is 31.1 Å². The molecule has 1 fully saturated rings. The van der Waals surface area contributed by atoms with Gasteiger partial charge in [-0.25, -0.2) is 0 Å². The molecule has 0 saturated carbocycles. The van der Waals surface area contributed by atoms with Crippen LogP contribution in [-0.2, 0) is 16.1 Å². The number of nitrogens with zero attached hydrogens (tertiary/aromatic N) is 1. The van der Waals surface area contributed by atoms with E-state index in [1.807, 2.05) is 55.1 Å². The highest BCUT2D eigenvalue weighted by Gasteiger charge is 2.34. The van der Waals surface area contributed by atoms with Crippen LogP contribution in [0.25, 0.3) is 0 Å². The van der Waals surface area contributed by atoms with Gasteiger partial charge >= 0.3 is 0 Å². The van der Waals surface area contributed by atoms with Crippen molar-refractivity contribution in [3.63, 3.8) is 0 Å². The van der Waals surface area contributed by atoms with E-state index in [0.29, 0.717) is 38.0 Å². The summed E-state index contributed by atoms with van der Waals surface area (Å²) in [6, 6.07) is 18.0. The van der Waals surface area contributed by atoms with Crippen LogP contribution in [0.5, 0.6) is 0 Å². The van der Waals surface area contributed by atoms with Gasteiger partial charge in [0.1, 0.15) is 6.04 Å². The number of hydrogen-bond donors (Lipinski definition) is 2. The number of carbonyl (C=O) groups is 3. The zero-order valence-electron chi connectivity index (χ0n) is 18.2. The summed E-state index contributed by atoms with van der Waals surface area (Å²) >= 11 is 0. The van der Waals surface area contributed by atoms with Crippen molar-refractivity contribution in [2.24, 2.45) is 11.8 Å². The minimum absolute atomic E-state index is 0.0281. The fraction of sp³-hybridized carbons (Fsp3) is 0.400. The average molecular weight is 422 g/mol. The van der Waals surface area contributed by atoms with E-state index in [4.69, 9.17) is 0 Å². The summed E-state index contributed by atoms with van der Waals surface area (Å²) in [5, 5.41) is 5.92. The number of benzene rings is 2. The molecule has 0 radical (unpaired) electrons. The first-order chi connectivity index (χ1) is 15.0. The van der Waals surface area contributed by atoms with Crippen LogP contribution in [0.4, 0.5) is 0 Å². The lowest BCUT2D eigenvalue weighted by atomic mass is 9.88. The Morgan fingerprint density at radius 2 is 1.52 bits per heavy atom. The maximum absolute atomic E-state index is 13.1. The van der Waals surface area contributed by atoms with Crippen LogP contribution in [-0.4, -0.2) is 41.8 Å². The second-order valence-electron chi connectivity index (χ2n) is 8.34. The van der Waals surface area contributed by atoms with Crippen molar-refractivity contribution in [1.82, 2.24) is 15.5 Å². The van der Waals surface area contributed by atoms with Crippen molar-refractivity contribution in [2.75, 3.05) is 13.1 Å². The lowest BCUT2D eigenvalue weighted by Gasteiger charge is -2.36. The molecule has 3 rings (SSSR count). The molecule has 3 amide bonds. The molecule has 164 valence electrons. The Morgan fingerprint density at radius 1 is 0.935 bits per heavy atom. The molecule has 1 aliphatic heterocycles. The molecule has 6 nitrogen and oxygen atoms in total. The van der Waals surface area contributed by atoms with E-state index >= 15 is 0 Å². The highest BCUT2D eigenvalue weighted by atomic mass is 16.2. The zero-order valence-corrected chi connectivity index (χ0v) is 18.2. The summed E-state index contributed by atoms with van der Waals surface area (Å²) in [5.41, 5.74) is 1.53. The third-order valence-electron chi connectivity index (χ3n) is 5.73. The molecule has 1 heterocycles. The van der Waals surface area contributed by atoms with Crippen LogP contribution in [0.2, 0.25) is 0 Å². The average Bonchev–Trinajstić information content (AvgIpc) is 2.81. The first kappa shape index (κ1) is 22.5. The van der Waals surface area contributed by atoms with E-state index in [9.17, 15) is 14.4 Å². The van der Waals surface area contributed by atoms with Gasteiger partial charge in [-0.3, -0.25) is 14.4 Å². The quantitative estimate of drug-likeness (QED) is 0.721. The van der Waals surface area contributed by atoms with E-state index < -0.39 is 6.04 Å². The van der Waals surface area contributed by atoms with Crippen LogP contribution < -0.4 is 10.6 Å². The van der Waals surface area contributed by atoms with Crippen molar-refractivity contribution in [2.45, 2.75) is 39.3 Å². The zero-order chi connectivity index (χ0) is 22.2. The third-order valence-corrected chi connectivity index (χ3v) is 5.73. The molecule has 0 spiro atoms. The second kappa shape index (κ2) is 10.8. The van der Waals surface area contributed by atoms with E-state index in [2.05, 4.69) is 10.6 Å². The van der Waals surface area contributed by atoms with E-state index in [0.717, 1.165) is 5.56 Å². The van der Waals surface area contributed by atoms with Gasteiger partial charge in [-0.1, -0.05) is 62.4 Å². The molecule has 1 unspecified atom stereocenters. The van der Waals surface area contributed by atoms with Crippen LogP contribution in [0.1, 0.15) is 42.6 Å². The van der Waals surface area contributed by atoms with Gasteiger partial charge in [-0.05, 0) is 36.5 Å². The Labute approximate surface area is 184 Å². The fourth-order valence-electron chi connectivity index (χ4n) is 3.92. The van der Waals surface area contributed by atoms with Gasteiger partial charge in [0.05, 0.1) is 0 Å². The van der Waals surface area contributed by atoms with Crippen molar-refractivity contribution in [3.8, 4) is 0 Å². The summed E-state index contributed by atoms with van der Waals surface area (Å²) in [5.74, 6) is -0.390. The smallest absolute Gasteiger partial charge is 0.251 e. The summed E-state index contributed by atoms with van der Waals surface area (Å²) < 4.78 is 0. The first-order valence-electron chi connectivity index (χ1n) is 10.9. The second-order valence-corrected chi connectivity index (χ2v) is 8.34. The number of hydrogen-bond acceptors (Lipinski definition) is 3. The van der Waals surface area contributed by atoms with Crippen molar-refractivity contribution < 1.29 is 14.4 Å². The summed E-state index contributed by atoms with van der Waals surface area (Å²) in [4.78, 5) is 40.1. The Hall–Kier alpha value is -3.15. The first-order valence-corrected chi connectivity index (χ1v) is 10.9. The van der Waals surface area contributed by atoms with Crippen LogP contribution in [0.15, 0.2) is 60.7 Å². The summed E-state index contributed by atoms with van der Waals surface area (Å²) in [6.45, 7) is 5.40. The van der Waals surface area contributed by atoms with Crippen LogP contribution in [0, 0.1) is 11.8 Å². The number of nitrogens with one attached hydrogen (secondary N) is 2. The van der Waals surface area contributed by atoms with Crippen LogP contribution in [0.3, 0.4) is 0 Å². The molecule has 1 aliphatic rings.